The third kappa shape index (κ3) is 6.59. The molecular weight excluding hydrogens is 516 g/mol. The molecule has 0 radical (unpaired) electrons. The first-order valence-electron chi connectivity index (χ1n) is 12.1. The third-order valence-electron chi connectivity index (χ3n) is 6.59. The zero-order valence-corrected chi connectivity index (χ0v) is 22.9. The van der Waals surface area contributed by atoms with Crippen molar-refractivity contribution in [1.29, 1.82) is 0 Å². The van der Waals surface area contributed by atoms with Gasteiger partial charge in [-0.2, -0.15) is 0 Å². The number of methoxy groups -OCH3 is 6. The van der Waals surface area contributed by atoms with Crippen LogP contribution in [0, 0.1) is 0 Å². The number of benzene rings is 2. The van der Waals surface area contributed by atoms with Crippen LogP contribution in [0.3, 0.4) is 0 Å². The largest absolute Gasteiger partial charge is 0.493 e. The number of rotatable bonds is 13. The van der Waals surface area contributed by atoms with Gasteiger partial charge >= 0.3 is 5.97 Å². The first-order valence-corrected chi connectivity index (χ1v) is 12.1. The van der Waals surface area contributed by atoms with Crippen molar-refractivity contribution >= 4 is 5.97 Å². The highest BCUT2D eigenvalue weighted by molar-refractivity contribution is 5.77. The predicted octanol–water partition coefficient (Wildman–Crippen LogP) is 2.18. The van der Waals surface area contributed by atoms with Gasteiger partial charge in [0.05, 0.1) is 68.1 Å². The molecule has 0 bridgehead atoms. The summed E-state index contributed by atoms with van der Waals surface area (Å²) in [4.78, 5) is 11.8. The van der Waals surface area contributed by atoms with Gasteiger partial charge in [-0.3, -0.25) is 0 Å². The minimum Gasteiger partial charge on any atom is -0.493 e. The molecule has 0 saturated heterocycles. The number of carboxylic acids is 1. The molecule has 2 aromatic rings. The molecule has 1 saturated carbocycles. The SMILES string of the molecule is COc1cc(CO[C@H]2[C@H](O)C[C@](O)(C(=O)O)C[C@H]2OCc2cc(OC)c(OC)c(OC)c2)cc(OC)c1OC. The average molecular weight is 553 g/mol. The fourth-order valence-corrected chi connectivity index (χ4v) is 4.62. The lowest BCUT2D eigenvalue weighted by Gasteiger charge is -2.41. The van der Waals surface area contributed by atoms with Gasteiger partial charge in [-0.25, -0.2) is 4.79 Å². The highest BCUT2D eigenvalue weighted by Gasteiger charge is 2.50. The molecular formula is C27H36O12. The van der Waals surface area contributed by atoms with Gasteiger partial charge in [-0.1, -0.05) is 0 Å². The minimum atomic E-state index is -2.19. The van der Waals surface area contributed by atoms with Crippen LogP contribution in [0.5, 0.6) is 34.5 Å². The molecule has 4 atom stereocenters. The van der Waals surface area contributed by atoms with Crippen LogP contribution >= 0.6 is 0 Å². The number of aliphatic hydroxyl groups excluding tert-OH is 1. The molecule has 1 fully saturated rings. The molecule has 1 aliphatic rings. The maximum atomic E-state index is 11.8. The van der Waals surface area contributed by atoms with E-state index in [-0.39, 0.29) is 19.6 Å². The van der Waals surface area contributed by atoms with Gasteiger partial charge < -0.3 is 53.2 Å². The number of aliphatic carboxylic acids is 1. The number of hydrogen-bond acceptors (Lipinski definition) is 11. The molecule has 0 aliphatic heterocycles. The van der Waals surface area contributed by atoms with E-state index in [1.54, 1.807) is 24.3 Å². The lowest BCUT2D eigenvalue weighted by Crippen LogP contribution is -2.57. The molecule has 12 heteroatoms. The van der Waals surface area contributed by atoms with E-state index >= 15 is 0 Å². The first kappa shape index (κ1) is 30.1. The molecule has 2 aromatic carbocycles. The van der Waals surface area contributed by atoms with Crippen molar-refractivity contribution in [2.45, 2.75) is 50.0 Å². The summed E-state index contributed by atoms with van der Waals surface area (Å²) in [6, 6.07) is 6.79. The van der Waals surface area contributed by atoms with E-state index in [4.69, 9.17) is 37.9 Å². The molecule has 3 N–H and O–H groups in total. The number of hydrogen-bond donors (Lipinski definition) is 3. The third-order valence-corrected chi connectivity index (χ3v) is 6.59. The molecule has 0 amide bonds. The summed E-state index contributed by atoms with van der Waals surface area (Å²) in [7, 11) is 8.94. The molecule has 1 aliphatic carbocycles. The summed E-state index contributed by atoms with van der Waals surface area (Å²) in [5.74, 6) is 1.05. The summed E-state index contributed by atoms with van der Waals surface area (Å²) >= 11 is 0. The number of carbonyl (C=O) groups is 1. The summed E-state index contributed by atoms with van der Waals surface area (Å²) in [6.07, 6.45) is -3.98. The summed E-state index contributed by atoms with van der Waals surface area (Å²) in [6.45, 7) is -0.0121. The Bertz CT molecular complexity index is 1090. The van der Waals surface area contributed by atoms with Crippen LogP contribution < -0.4 is 28.4 Å². The van der Waals surface area contributed by atoms with Gasteiger partial charge in [0, 0.05) is 12.8 Å². The van der Waals surface area contributed by atoms with Gasteiger partial charge in [0.1, 0.15) is 6.10 Å². The second kappa shape index (κ2) is 13.1. The van der Waals surface area contributed by atoms with Crippen LogP contribution in [0.4, 0.5) is 0 Å². The number of aliphatic hydroxyl groups is 2. The number of ether oxygens (including phenoxy) is 8. The van der Waals surface area contributed by atoms with Crippen LogP contribution in [-0.2, 0) is 27.5 Å². The molecule has 0 aromatic heterocycles. The Balaban J connectivity index is 1.85. The lowest BCUT2D eigenvalue weighted by atomic mass is 9.79. The summed E-state index contributed by atoms with van der Waals surface area (Å²) < 4.78 is 44.3. The minimum absolute atomic E-state index is 0.00792. The maximum Gasteiger partial charge on any atom is 0.335 e. The Morgan fingerprint density at radius 3 is 1.51 bits per heavy atom. The van der Waals surface area contributed by atoms with E-state index in [1.165, 1.54) is 42.7 Å². The average Bonchev–Trinajstić information content (AvgIpc) is 2.93. The van der Waals surface area contributed by atoms with Gasteiger partial charge in [-0.05, 0) is 35.4 Å². The smallest absolute Gasteiger partial charge is 0.335 e. The highest BCUT2D eigenvalue weighted by Crippen LogP contribution is 2.41. The van der Waals surface area contributed by atoms with Crippen LogP contribution in [0.1, 0.15) is 24.0 Å². The molecule has 0 unspecified atom stereocenters. The Morgan fingerprint density at radius 1 is 0.744 bits per heavy atom. The van der Waals surface area contributed by atoms with Gasteiger partial charge in [-0.15, -0.1) is 0 Å². The van der Waals surface area contributed by atoms with Crippen LogP contribution in [-0.4, -0.2) is 87.9 Å². The van der Waals surface area contributed by atoms with Gasteiger partial charge in [0.25, 0.3) is 0 Å². The van der Waals surface area contributed by atoms with Crippen molar-refractivity contribution in [1.82, 2.24) is 0 Å². The highest BCUT2D eigenvalue weighted by atomic mass is 16.6. The molecule has 12 nitrogen and oxygen atoms in total. The zero-order valence-electron chi connectivity index (χ0n) is 22.9. The predicted molar refractivity (Wildman–Crippen MR) is 137 cm³/mol. The van der Waals surface area contributed by atoms with Crippen LogP contribution in [0.25, 0.3) is 0 Å². The fraction of sp³-hybridized carbons (Fsp3) is 0.519. The van der Waals surface area contributed by atoms with Crippen molar-refractivity contribution in [3.05, 3.63) is 35.4 Å². The second-order valence-corrected chi connectivity index (χ2v) is 9.00. The quantitative estimate of drug-likeness (QED) is 0.334. The topological polar surface area (TPSA) is 152 Å². The van der Waals surface area contributed by atoms with Crippen molar-refractivity contribution in [2.75, 3.05) is 42.7 Å². The first-order chi connectivity index (χ1) is 18.6. The van der Waals surface area contributed by atoms with E-state index in [0.717, 1.165) is 0 Å². The van der Waals surface area contributed by atoms with Crippen LogP contribution in [0.2, 0.25) is 0 Å². The summed E-state index contributed by atoms with van der Waals surface area (Å²) in [5.41, 5.74) is -0.905. The van der Waals surface area contributed by atoms with E-state index in [2.05, 4.69) is 0 Å². The fourth-order valence-electron chi connectivity index (χ4n) is 4.62. The Labute approximate surface area is 226 Å². The maximum absolute atomic E-state index is 11.8. The van der Waals surface area contributed by atoms with E-state index in [0.29, 0.717) is 45.6 Å². The Kier molecular flexibility index (Phi) is 10.1. The Hall–Kier alpha value is -3.45. The monoisotopic (exact) mass is 552 g/mol. The molecule has 3 rings (SSSR count). The summed E-state index contributed by atoms with van der Waals surface area (Å²) in [5, 5.41) is 31.2. The molecule has 0 heterocycles. The normalized spacial score (nSPS) is 22.6. The molecule has 0 spiro atoms. The van der Waals surface area contributed by atoms with Crippen molar-refractivity contribution in [3.63, 3.8) is 0 Å². The van der Waals surface area contributed by atoms with Crippen LogP contribution in [0.15, 0.2) is 24.3 Å². The van der Waals surface area contributed by atoms with E-state index in [1.807, 2.05) is 0 Å². The van der Waals surface area contributed by atoms with E-state index in [9.17, 15) is 20.1 Å². The molecule has 39 heavy (non-hydrogen) atoms. The van der Waals surface area contributed by atoms with Gasteiger partial charge in [0.2, 0.25) is 11.5 Å². The van der Waals surface area contributed by atoms with Gasteiger partial charge in [0.15, 0.2) is 28.6 Å². The van der Waals surface area contributed by atoms with E-state index < -0.39 is 36.3 Å². The standard InChI is InChI=1S/C27H36O12/c1-32-18-7-15(8-19(33-2)24(18)36-5)13-38-22-12-27(31,26(29)30)11-17(28)23(22)39-14-16-9-20(34-3)25(37-6)21(10-16)35-4/h7-10,17,22-23,28,31H,11-14H2,1-6H3,(H,29,30)/t17-,22-,23+,27-/m1/s1. The van der Waals surface area contributed by atoms with Crippen molar-refractivity contribution < 1.29 is 58.0 Å². The second-order valence-electron chi connectivity index (χ2n) is 9.00. The lowest BCUT2D eigenvalue weighted by molar-refractivity contribution is -0.207. The number of carboxylic acid groups (broad SMARTS) is 1. The Morgan fingerprint density at radius 2 is 1.15 bits per heavy atom. The van der Waals surface area contributed by atoms with Crippen molar-refractivity contribution in [3.8, 4) is 34.5 Å². The zero-order chi connectivity index (χ0) is 28.7. The van der Waals surface area contributed by atoms with Crippen molar-refractivity contribution in [2.24, 2.45) is 0 Å². The molecule has 216 valence electrons.